The van der Waals surface area contributed by atoms with Crippen LogP contribution in [0.3, 0.4) is 0 Å². The second-order valence-corrected chi connectivity index (χ2v) is 5.25. The normalized spacial score (nSPS) is 24.1. The minimum absolute atomic E-state index is 0.116. The maximum atomic E-state index is 5.77. The number of nitrogens with zero attached hydrogens (tertiary/aromatic N) is 3. The van der Waals surface area contributed by atoms with Crippen molar-refractivity contribution < 1.29 is 0 Å². The molecule has 1 saturated heterocycles. The molecule has 0 aromatic carbocycles. The van der Waals surface area contributed by atoms with Gasteiger partial charge in [-0.25, -0.2) is 0 Å². The average molecular weight is 249 g/mol. The van der Waals surface area contributed by atoms with Gasteiger partial charge in [0.2, 0.25) is 0 Å². The largest absolute Gasteiger partial charge is 0.303 e. The van der Waals surface area contributed by atoms with Gasteiger partial charge in [-0.15, -0.1) is 0 Å². The lowest BCUT2D eigenvalue weighted by atomic mass is 9.97. The van der Waals surface area contributed by atoms with Gasteiger partial charge in [-0.2, -0.15) is 0 Å². The highest BCUT2D eigenvalue weighted by molar-refractivity contribution is 5.22. The van der Waals surface area contributed by atoms with Crippen molar-refractivity contribution in [2.45, 2.75) is 19.0 Å². The molecule has 0 radical (unpaired) electrons. The number of aryl methyl sites for hydroxylation is 1. The van der Waals surface area contributed by atoms with E-state index in [2.05, 4.69) is 47.3 Å². The number of likely N-dealkylation sites (N-methyl/N-ethyl adjacent to an activating group) is 2. The Labute approximate surface area is 109 Å². The molecule has 0 aliphatic carbocycles. The standard InChI is InChI=1S/C13H23N5/c1-10-6-11(8-15-7-10)13(16-14)12-9-17(2)4-5-18(12)3/h6-8,12-13,16H,4-5,9,14H2,1-3H3. The van der Waals surface area contributed by atoms with Crippen LogP contribution in [-0.2, 0) is 0 Å². The van der Waals surface area contributed by atoms with E-state index in [1.165, 1.54) is 5.56 Å². The minimum atomic E-state index is 0.116. The van der Waals surface area contributed by atoms with Crippen LogP contribution in [0.2, 0.25) is 0 Å². The summed E-state index contributed by atoms with van der Waals surface area (Å²) in [5.74, 6) is 5.77. The SMILES string of the molecule is Cc1cncc(C(NN)C2CN(C)CCN2C)c1. The Morgan fingerprint density at radius 3 is 2.83 bits per heavy atom. The third-order valence-corrected chi connectivity index (χ3v) is 3.72. The van der Waals surface area contributed by atoms with Gasteiger partial charge >= 0.3 is 0 Å². The van der Waals surface area contributed by atoms with Gasteiger partial charge < -0.3 is 4.90 Å². The highest BCUT2D eigenvalue weighted by Crippen LogP contribution is 2.22. The zero-order chi connectivity index (χ0) is 13.1. The average Bonchev–Trinajstić information content (AvgIpc) is 2.35. The van der Waals surface area contributed by atoms with Crippen molar-refractivity contribution in [3.05, 3.63) is 29.6 Å². The molecule has 3 N–H and O–H groups in total. The molecule has 0 saturated carbocycles. The van der Waals surface area contributed by atoms with Crippen LogP contribution in [0.4, 0.5) is 0 Å². The molecule has 100 valence electrons. The lowest BCUT2D eigenvalue weighted by Crippen LogP contribution is -2.56. The number of nitrogens with two attached hydrogens (primary N) is 1. The van der Waals surface area contributed by atoms with E-state index in [4.69, 9.17) is 5.84 Å². The maximum absolute atomic E-state index is 5.77. The summed E-state index contributed by atoms with van der Waals surface area (Å²) in [6.45, 7) is 5.25. The van der Waals surface area contributed by atoms with Gasteiger partial charge in [0.1, 0.15) is 0 Å². The number of aromatic nitrogens is 1. The Morgan fingerprint density at radius 1 is 1.39 bits per heavy atom. The van der Waals surface area contributed by atoms with Crippen molar-refractivity contribution in [1.29, 1.82) is 0 Å². The molecule has 0 spiro atoms. The maximum Gasteiger partial charge on any atom is 0.0642 e. The van der Waals surface area contributed by atoms with Crippen molar-refractivity contribution in [3.8, 4) is 0 Å². The molecule has 1 aliphatic rings. The predicted octanol–water partition coefficient (Wildman–Crippen LogP) is 0.140. The third kappa shape index (κ3) is 2.87. The molecule has 2 rings (SSSR count). The summed E-state index contributed by atoms with van der Waals surface area (Å²) < 4.78 is 0. The first-order chi connectivity index (χ1) is 8.61. The summed E-state index contributed by atoms with van der Waals surface area (Å²) in [6, 6.07) is 2.64. The fourth-order valence-corrected chi connectivity index (χ4v) is 2.58. The van der Waals surface area contributed by atoms with Gasteiger partial charge in [0, 0.05) is 38.1 Å². The van der Waals surface area contributed by atoms with Crippen molar-refractivity contribution >= 4 is 0 Å². The number of nitrogens with one attached hydrogen (secondary N) is 1. The Bertz CT molecular complexity index is 395. The Hall–Kier alpha value is -1.01. The van der Waals surface area contributed by atoms with Crippen LogP contribution in [0.15, 0.2) is 18.5 Å². The van der Waals surface area contributed by atoms with E-state index in [1.54, 1.807) is 0 Å². The van der Waals surface area contributed by atoms with Crippen LogP contribution >= 0.6 is 0 Å². The molecule has 1 aromatic heterocycles. The van der Waals surface area contributed by atoms with E-state index in [0.29, 0.717) is 6.04 Å². The van der Waals surface area contributed by atoms with Crippen LogP contribution in [0.5, 0.6) is 0 Å². The summed E-state index contributed by atoms with van der Waals surface area (Å²) in [5.41, 5.74) is 5.28. The quantitative estimate of drug-likeness (QED) is 0.589. The third-order valence-electron chi connectivity index (χ3n) is 3.72. The molecule has 18 heavy (non-hydrogen) atoms. The van der Waals surface area contributed by atoms with Crippen LogP contribution in [0, 0.1) is 6.92 Å². The number of rotatable bonds is 3. The summed E-state index contributed by atoms with van der Waals surface area (Å²) in [5, 5.41) is 0. The molecule has 0 amide bonds. The first-order valence-corrected chi connectivity index (χ1v) is 6.38. The number of piperazine rings is 1. The predicted molar refractivity (Wildman–Crippen MR) is 73.0 cm³/mol. The van der Waals surface area contributed by atoms with E-state index in [0.717, 1.165) is 25.2 Å². The monoisotopic (exact) mass is 249 g/mol. The summed E-state index contributed by atoms with van der Waals surface area (Å²) in [4.78, 5) is 8.98. The molecule has 1 aromatic rings. The molecular formula is C13H23N5. The topological polar surface area (TPSA) is 57.4 Å². The van der Waals surface area contributed by atoms with E-state index in [-0.39, 0.29) is 6.04 Å². The number of hydrogen-bond acceptors (Lipinski definition) is 5. The number of hydrazine groups is 1. The van der Waals surface area contributed by atoms with Gasteiger partial charge in [-0.05, 0) is 32.1 Å². The molecule has 2 heterocycles. The molecule has 2 unspecified atom stereocenters. The van der Waals surface area contributed by atoms with Gasteiger partial charge in [-0.3, -0.25) is 21.2 Å². The molecule has 5 heteroatoms. The first kappa shape index (κ1) is 13.4. The van der Waals surface area contributed by atoms with Gasteiger partial charge in [0.05, 0.1) is 6.04 Å². The highest BCUT2D eigenvalue weighted by Gasteiger charge is 2.30. The van der Waals surface area contributed by atoms with E-state index >= 15 is 0 Å². The number of hydrogen-bond donors (Lipinski definition) is 2. The Kier molecular flexibility index (Phi) is 4.29. The number of pyridine rings is 1. The summed E-state index contributed by atoms with van der Waals surface area (Å²) >= 11 is 0. The molecule has 1 fully saturated rings. The molecule has 0 bridgehead atoms. The summed E-state index contributed by atoms with van der Waals surface area (Å²) in [6.07, 6.45) is 3.77. The van der Waals surface area contributed by atoms with Gasteiger partial charge in [0.15, 0.2) is 0 Å². The highest BCUT2D eigenvalue weighted by atomic mass is 15.3. The van der Waals surface area contributed by atoms with Crippen LogP contribution in [-0.4, -0.2) is 54.6 Å². The zero-order valence-electron chi connectivity index (χ0n) is 11.4. The summed E-state index contributed by atoms with van der Waals surface area (Å²) in [7, 11) is 4.31. The lowest BCUT2D eigenvalue weighted by Gasteiger charge is -2.41. The molecule has 5 nitrogen and oxygen atoms in total. The van der Waals surface area contributed by atoms with E-state index < -0.39 is 0 Å². The van der Waals surface area contributed by atoms with Crippen molar-refractivity contribution in [2.24, 2.45) is 5.84 Å². The Balaban J connectivity index is 2.21. The molecular weight excluding hydrogens is 226 g/mol. The van der Waals surface area contributed by atoms with Crippen molar-refractivity contribution in [2.75, 3.05) is 33.7 Å². The van der Waals surface area contributed by atoms with Gasteiger partial charge in [-0.1, -0.05) is 6.07 Å². The Morgan fingerprint density at radius 2 is 2.17 bits per heavy atom. The molecule has 2 atom stereocenters. The van der Waals surface area contributed by atoms with E-state index in [9.17, 15) is 0 Å². The lowest BCUT2D eigenvalue weighted by molar-refractivity contribution is 0.0875. The van der Waals surface area contributed by atoms with Crippen LogP contribution in [0.25, 0.3) is 0 Å². The zero-order valence-corrected chi connectivity index (χ0v) is 11.4. The minimum Gasteiger partial charge on any atom is -0.303 e. The second kappa shape index (κ2) is 5.75. The fraction of sp³-hybridized carbons (Fsp3) is 0.615. The van der Waals surface area contributed by atoms with Crippen LogP contribution in [0.1, 0.15) is 17.2 Å². The van der Waals surface area contributed by atoms with Gasteiger partial charge in [0.25, 0.3) is 0 Å². The van der Waals surface area contributed by atoms with Crippen LogP contribution < -0.4 is 11.3 Å². The van der Waals surface area contributed by atoms with E-state index in [1.807, 2.05) is 12.4 Å². The van der Waals surface area contributed by atoms with Crippen molar-refractivity contribution in [3.63, 3.8) is 0 Å². The van der Waals surface area contributed by atoms with Crippen molar-refractivity contribution in [1.82, 2.24) is 20.2 Å². The molecule has 1 aliphatic heterocycles. The smallest absolute Gasteiger partial charge is 0.0642 e. The second-order valence-electron chi connectivity index (χ2n) is 5.25. The fourth-order valence-electron chi connectivity index (χ4n) is 2.58. The first-order valence-electron chi connectivity index (χ1n) is 6.38.